The van der Waals surface area contributed by atoms with Crippen LogP contribution in [0.1, 0.15) is 348 Å². The maximum absolute atomic E-state index is 2.35. The van der Waals surface area contributed by atoms with E-state index >= 15 is 0 Å². The summed E-state index contributed by atoms with van der Waals surface area (Å²) in [6.45, 7) is 7.02. The minimum absolute atomic E-state index is 0.895. The van der Waals surface area contributed by atoms with Crippen molar-refractivity contribution in [2.75, 3.05) is 0 Å². The Morgan fingerprint density at radius 1 is 0.164 bits per heavy atom. The summed E-state index contributed by atoms with van der Waals surface area (Å²) < 4.78 is 0. The van der Waals surface area contributed by atoms with Gasteiger partial charge in [0.15, 0.2) is 0 Å². The van der Waals surface area contributed by atoms with Crippen LogP contribution in [0.15, 0.2) is 0 Å². The standard InChI is InChI=1S/C55H112/c1-4-5-6-7-8-9-10-11-12-13-14-15-16-17-18-19-20-21-22-23-24-25-26-27-28-29-30-31-32-33-34-35-36-37-38-39-40-41-42-43-44-45-46-47-48-49-50-51-52-53-54-55(2)3/h55H,4-54H2,1-3H3. The molecule has 0 atom stereocenters. The average molecular weight is 774 g/mol. The van der Waals surface area contributed by atoms with E-state index in [0.29, 0.717) is 0 Å². The minimum atomic E-state index is 0.895. The lowest BCUT2D eigenvalue weighted by Crippen LogP contribution is -1.87. The van der Waals surface area contributed by atoms with Crippen molar-refractivity contribution in [3.63, 3.8) is 0 Å². The van der Waals surface area contributed by atoms with Crippen LogP contribution >= 0.6 is 0 Å². The topological polar surface area (TPSA) is 0 Å². The van der Waals surface area contributed by atoms with Gasteiger partial charge >= 0.3 is 0 Å². The van der Waals surface area contributed by atoms with Crippen molar-refractivity contribution in [3.05, 3.63) is 0 Å². The lowest BCUT2D eigenvalue weighted by Gasteiger charge is -2.05. The summed E-state index contributed by atoms with van der Waals surface area (Å²) in [5, 5.41) is 0. The monoisotopic (exact) mass is 773 g/mol. The lowest BCUT2D eigenvalue weighted by molar-refractivity contribution is 0.500. The van der Waals surface area contributed by atoms with Gasteiger partial charge in [0, 0.05) is 0 Å². The third-order valence-electron chi connectivity index (χ3n) is 13.1. The highest BCUT2D eigenvalue weighted by Gasteiger charge is 1.99. The van der Waals surface area contributed by atoms with Crippen LogP contribution in [0.4, 0.5) is 0 Å². The molecule has 0 saturated carbocycles. The Bertz CT molecular complexity index is 620. The molecule has 0 heterocycles. The van der Waals surface area contributed by atoms with Crippen LogP contribution in [0.25, 0.3) is 0 Å². The van der Waals surface area contributed by atoms with Crippen molar-refractivity contribution in [2.24, 2.45) is 5.92 Å². The van der Waals surface area contributed by atoms with E-state index < -0.39 is 0 Å². The normalized spacial score (nSPS) is 11.8. The second kappa shape index (κ2) is 52.0. The first-order chi connectivity index (χ1) is 27.3. The first-order valence-electron chi connectivity index (χ1n) is 27.3. The fourth-order valence-corrected chi connectivity index (χ4v) is 9.11. The zero-order valence-corrected chi connectivity index (χ0v) is 39.6. The summed E-state index contributed by atoms with van der Waals surface area (Å²) in [7, 11) is 0. The Morgan fingerprint density at radius 2 is 0.273 bits per heavy atom. The van der Waals surface area contributed by atoms with Crippen LogP contribution < -0.4 is 0 Å². The second-order valence-electron chi connectivity index (χ2n) is 19.5. The summed E-state index contributed by atoms with van der Waals surface area (Å²) in [6.07, 6.45) is 75.9. The van der Waals surface area contributed by atoms with Crippen LogP contribution in [-0.4, -0.2) is 0 Å². The van der Waals surface area contributed by atoms with Gasteiger partial charge in [-0.1, -0.05) is 348 Å². The van der Waals surface area contributed by atoms with Gasteiger partial charge in [0.25, 0.3) is 0 Å². The van der Waals surface area contributed by atoms with Gasteiger partial charge < -0.3 is 0 Å². The van der Waals surface area contributed by atoms with Gasteiger partial charge in [0.2, 0.25) is 0 Å². The zero-order valence-electron chi connectivity index (χ0n) is 39.6. The molecule has 0 fully saturated rings. The highest BCUT2D eigenvalue weighted by atomic mass is 14.1. The van der Waals surface area contributed by atoms with E-state index in [1.54, 1.807) is 0 Å². The molecule has 0 aliphatic heterocycles. The Balaban J connectivity index is 3.05. The van der Waals surface area contributed by atoms with Gasteiger partial charge in [-0.3, -0.25) is 0 Å². The number of unbranched alkanes of at least 4 members (excludes halogenated alkanes) is 49. The van der Waals surface area contributed by atoms with Gasteiger partial charge in [-0.15, -0.1) is 0 Å². The van der Waals surface area contributed by atoms with E-state index in [4.69, 9.17) is 0 Å². The van der Waals surface area contributed by atoms with Crippen LogP contribution in [0.3, 0.4) is 0 Å². The molecule has 0 aliphatic carbocycles. The SMILES string of the molecule is CCCCCCCCCCCCCCCCCCCCCCCCCCCCCCCCCCCCCCCCCCCCCCCCCCCCC(C)C. The molecule has 0 amide bonds. The van der Waals surface area contributed by atoms with Crippen molar-refractivity contribution >= 4 is 0 Å². The lowest BCUT2D eigenvalue weighted by atomic mass is 10.0. The predicted molar refractivity (Wildman–Crippen MR) is 256 cm³/mol. The van der Waals surface area contributed by atoms with Gasteiger partial charge in [0.1, 0.15) is 0 Å². The molecule has 0 aromatic heterocycles. The smallest absolute Gasteiger partial charge is 0.0471 e. The molecule has 0 aromatic carbocycles. The summed E-state index contributed by atoms with van der Waals surface area (Å²) in [5.74, 6) is 0.895. The van der Waals surface area contributed by atoms with E-state index in [1.807, 2.05) is 0 Å². The highest BCUT2D eigenvalue weighted by molar-refractivity contribution is 4.55. The highest BCUT2D eigenvalue weighted by Crippen LogP contribution is 2.19. The molecule has 55 heavy (non-hydrogen) atoms. The van der Waals surface area contributed by atoms with E-state index in [0.717, 1.165) is 5.92 Å². The first-order valence-corrected chi connectivity index (χ1v) is 27.3. The Hall–Kier alpha value is 0. The Labute approximate surface area is 352 Å². The zero-order chi connectivity index (χ0) is 39.6. The van der Waals surface area contributed by atoms with E-state index in [9.17, 15) is 0 Å². The molecule has 0 rings (SSSR count). The summed E-state index contributed by atoms with van der Waals surface area (Å²) in [5.41, 5.74) is 0. The third-order valence-corrected chi connectivity index (χ3v) is 13.1. The van der Waals surface area contributed by atoms with Crippen LogP contribution in [-0.2, 0) is 0 Å². The number of hydrogen-bond donors (Lipinski definition) is 0. The predicted octanol–water partition coefficient (Wildman–Crippen LogP) is 21.6. The van der Waals surface area contributed by atoms with Gasteiger partial charge in [0.05, 0.1) is 0 Å². The molecule has 0 aromatic rings. The molecule has 332 valence electrons. The molecule has 0 radical (unpaired) electrons. The van der Waals surface area contributed by atoms with Gasteiger partial charge in [-0.2, -0.15) is 0 Å². The molecule has 0 nitrogen and oxygen atoms in total. The Kier molecular flexibility index (Phi) is 52.0. The van der Waals surface area contributed by atoms with Crippen molar-refractivity contribution in [2.45, 2.75) is 348 Å². The van der Waals surface area contributed by atoms with Crippen LogP contribution in [0.2, 0.25) is 0 Å². The molecule has 0 heteroatoms. The number of hydrogen-bond acceptors (Lipinski definition) is 0. The van der Waals surface area contributed by atoms with Crippen LogP contribution in [0, 0.1) is 5.92 Å². The maximum atomic E-state index is 2.35. The van der Waals surface area contributed by atoms with Crippen molar-refractivity contribution in [1.82, 2.24) is 0 Å². The van der Waals surface area contributed by atoms with Crippen LogP contribution in [0.5, 0.6) is 0 Å². The Morgan fingerprint density at radius 3 is 0.382 bits per heavy atom. The quantitative estimate of drug-likeness (QED) is 0.0540. The molecule has 0 N–H and O–H groups in total. The molecule has 0 unspecified atom stereocenters. The van der Waals surface area contributed by atoms with E-state index in [1.165, 1.54) is 327 Å². The first kappa shape index (κ1) is 55.0. The summed E-state index contributed by atoms with van der Waals surface area (Å²) in [6, 6.07) is 0. The molecular formula is C55H112. The minimum Gasteiger partial charge on any atom is -0.0654 e. The molecule has 0 bridgehead atoms. The van der Waals surface area contributed by atoms with Gasteiger partial charge in [-0.25, -0.2) is 0 Å². The van der Waals surface area contributed by atoms with E-state index in [2.05, 4.69) is 20.8 Å². The maximum Gasteiger partial charge on any atom is -0.0471 e. The molecule has 0 saturated heterocycles. The summed E-state index contributed by atoms with van der Waals surface area (Å²) >= 11 is 0. The third kappa shape index (κ3) is 54.0. The average Bonchev–Trinajstić information content (AvgIpc) is 3.18. The fourth-order valence-electron chi connectivity index (χ4n) is 9.11. The summed E-state index contributed by atoms with van der Waals surface area (Å²) in [4.78, 5) is 0. The largest absolute Gasteiger partial charge is 0.0654 e. The second-order valence-corrected chi connectivity index (χ2v) is 19.5. The van der Waals surface area contributed by atoms with Crippen molar-refractivity contribution < 1.29 is 0 Å². The van der Waals surface area contributed by atoms with Crippen molar-refractivity contribution in [1.29, 1.82) is 0 Å². The molecule has 0 spiro atoms. The molecular weight excluding hydrogens is 661 g/mol. The van der Waals surface area contributed by atoms with E-state index in [-0.39, 0.29) is 0 Å². The fraction of sp³-hybridized carbons (Fsp3) is 1.00. The van der Waals surface area contributed by atoms with Gasteiger partial charge in [-0.05, 0) is 5.92 Å². The number of rotatable bonds is 51. The molecule has 0 aliphatic rings. The van der Waals surface area contributed by atoms with Crippen molar-refractivity contribution in [3.8, 4) is 0 Å².